The fraction of sp³-hybridized carbons (Fsp3) is 0.448. The largest absolute Gasteiger partial charge is 0.379 e. The Kier molecular flexibility index (Phi) is 9.23. The molecule has 35 heavy (non-hydrogen) atoms. The molecule has 2 N–H and O–H groups in total. The quantitative estimate of drug-likeness (QED) is 0.390. The van der Waals surface area contributed by atoms with Gasteiger partial charge in [0, 0.05) is 31.8 Å². The Hall–Kier alpha value is -2.80. The molecule has 0 unspecified atom stereocenters. The van der Waals surface area contributed by atoms with Gasteiger partial charge in [-0.15, -0.1) is 0 Å². The van der Waals surface area contributed by atoms with E-state index >= 15 is 0 Å². The lowest BCUT2D eigenvalue weighted by Crippen LogP contribution is -2.49. The first kappa shape index (κ1) is 25.3. The highest BCUT2D eigenvalue weighted by atomic mass is 16.5. The summed E-state index contributed by atoms with van der Waals surface area (Å²) in [7, 11) is 0. The zero-order valence-corrected chi connectivity index (χ0v) is 20.3. The summed E-state index contributed by atoms with van der Waals surface area (Å²) in [4.78, 5) is 26.3. The van der Waals surface area contributed by atoms with Gasteiger partial charge in [-0.25, -0.2) is 0 Å². The maximum absolute atomic E-state index is 13.1. The average molecular weight is 477 g/mol. The van der Waals surface area contributed by atoms with Crippen LogP contribution in [0, 0.1) is 5.92 Å². The highest BCUT2D eigenvalue weighted by Crippen LogP contribution is 2.34. The van der Waals surface area contributed by atoms with Crippen molar-refractivity contribution in [3.8, 4) is 11.1 Å². The molecule has 1 amide bonds. The minimum atomic E-state index is -0.266. The number of ether oxygens (including phenoxy) is 2. The van der Waals surface area contributed by atoms with Crippen molar-refractivity contribution < 1.29 is 19.1 Å². The van der Waals surface area contributed by atoms with E-state index in [1.807, 2.05) is 18.2 Å². The van der Waals surface area contributed by atoms with Crippen LogP contribution in [-0.4, -0.2) is 55.0 Å². The molecule has 2 aromatic rings. The van der Waals surface area contributed by atoms with Gasteiger partial charge in [-0.05, 0) is 36.0 Å². The summed E-state index contributed by atoms with van der Waals surface area (Å²) in [5.41, 5.74) is 8.70. The monoisotopic (exact) mass is 476 g/mol. The number of amides is 1. The van der Waals surface area contributed by atoms with E-state index in [0.29, 0.717) is 32.7 Å². The number of morpholine rings is 1. The van der Waals surface area contributed by atoms with Gasteiger partial charge in [0.05, 0.1) is 32.0 Å². The van der Waals surface area contributed by atoms with Gasteiger partial charge in [0.2, 0.25) is 5.91 Å². The third-order valence-electron chi connectivity index (χ3n) is 6.95. The molecule has 4 rings (SSSR count). The standard InChI is InChI=1S/C29H36N2O4/c30-28(33)11-7-2-1-6-10-25-27(20-26(32)29(25)31-16-18-34-19-17-31)35-21-22-12-14-24(15-13-22)23-8-4-3-5-9-23/h1,3-6,8-9,12-15,25,27,29H,2,7,10-11,16-21H2,(H2,30,33)/b6-1-/t25-,27-,29+/m0/s1. The summed E-state index contributed by atoms with van der Waals surface area (Å²) in [5.74, 6) is 0.109. The molecular weight excluding hydrogens is 440 g/mol. The lowest BCUT2D eigenvalue weighted by atomic mass is 9.95. The summed E-state index contributed by atoms with van der Waals surface area (Å²) < 4.78 is 11.9. The van der Waals surface area contributed by atoms with Crippen molar-refractivity contribution in [2.75, 3.05) is 26.3 Å². The number of Topliss-reactive ketones (excluding diaryl/α,β-unsaturated/α-hetero) is 1. The zero-order chi connectivity index (χ0) is 24.5. The molecule has 1 aliphatic heterocycles. The summed E-state index contributed by atoms with van der Waals surface area (Å²) in [6.45, 7) is 3.38. The van der Waals surface area contributed by atoms with E-state index in [4.69, 9.17) is 15.2 Å². The molecule has 0 spiro atoms. The molecule has 1 aliphatic carbocycles. The molecule has 186 valence electrons. The number of nitrogens with two attached hydrogens (primary N) is 1. The van der Waals surface area contributed by atoms with E-state index in [1.165, 1.54) is 11.1 Å². The van der Waals surface area contributed by atoms with Gasteiger partial charge >= 0.3 is 0 Å². The predicted octanol–water partition coefficient (Wildman–Crippen LogP) is 4.13. The van der Waals surface area contributed by atoms with Crippen LogP contribution in [-0.2, 0) is 25.7 Å². The van der Waals surface area contributed by atoms with Crippen LogP contribution in [0.2, 0.25) is 0 Å². The lowest BCUT2D eigenvalue weighted by Gasteiger charge is -2.35. The van der Waals surface area contributed by atoms with Crippen LogP contribution in [0.15, 0.2) is 66.7 Å². The number of rotatable bonds is 11. The van der Waals surface area contributed by atoms with Crippen LogP contribution in [0.3, 0.4) is 0 Å². The van der Waals surface area contributed by atoms with Gasteiger partial charge < -0.3 is 15.2 Å². The van der Waals surface area contributed by atoms with Gasteiger partial charge in [-0.3, -0.25) is 14.5 Å². The van der Waals surface area contributed by atoms with Gasteiger partial charge in [0.15, 0.2) is 5.78 Å². The highest BCUT2D eigenvalue weighted by Gasteiger charge is 2.45. The number of carbonyl (C=O) groups is 2. The number of allylic oxidation sites excluding steroid dienone is 2. The minimum Gasteiger partial charge on any atom is -0.379 e. The van der Waals surface area contributed by atoms with Crippen molar-refractivity contribution in [1.29, 1.82) is 0 Å². The van der Waals surface area contributed by atoms with Crippen LogP contribution >= 0.6 is 0 Å². The third kappa shape index (κ3) is 7.10. The van der Waals surface area contributed by atoms with Gasteiger partial charge in [0.25, 0.3) is 0 Å². The van der Waals surface area contributed by atoms with Gasteiger partial charge in [0.1, 0.15) is 0 Å². The lowest BCUT2D eigenvalue weighted by molar-refractivity contribution is -0.124. The first-order valence-electron chi connectivity index (χ1n) is 12.7. The average Bonchev–Trinajstić information content (AvgIpc) is 3.20. The third-order valence-corrected chi connectivity index (χ3v) is 6.95. The first-order chi connectivity index (χ1) is 17.1. The molecule has 6 nitrogen and oxygen atoms in total. The summed E-state index contributed by atoms with van der Waals surface area (Å²) in [5, 5.41) is 0. The second kappa shape index (κ2) is 12.8. The van der Waals surface area contributed by atoms with Crippen molar-refractivity contribution >= 4 is 11.7 Å². The molecule has 6 heteroatoms. The van der Waals surface area contributed by atoms with E-state index in [1.54, 1.807) is 0 Å². The Balaban J connectivity index is 1.38. The summed E-state index contributed by atoms with van der Waals surface area (Å²) >= 11 is 0. The smallest absolute Gasteiger partial charge is 0.217 e. The van der Waals surface area contributed by atoms with E-state index in [0.717, 1.165) is 37.9 Å². The topological polar surface area (TPSA) is 81.9 Å². The maximum atomic E-state index is 13.1. The van der Waals surface area contributed by atoms with Crippen molar-refractivity contribution in [2.45, 2.75) is 50.9 Å². The molecule has 1 heterocycles. The fourth-order valence-corrected chi connectivity index (χ4v) is 5.10. The van der Waals surface area contributed by atoms with E-state index in [-0.39, 0.29) is 29.8 Å². The highest BCUT2D eigenvalue weighted by molar-refractivity contribution is 5.87. The Morgan fingerprint density at radius 1 is 1.03 bits per heavy atom. The number of unbranched alkanes of at least 4 members (excludes halogenated alkanes) is 1. The molecule has 2 aromatic carbocycles. The molecule has 3 atom stereocenters. The normalized spacial score (nSPS) is 23.2. The Labute approximate surface area is 208 Å². The van der Waals surface area contributed by atoms with Crippen LogP contribution in [0.4, 0.5) is 0 Å². The predicted molar refractivity (Wildman–Crippen MR) is 137 cm³/mol. The number of hydrogen-bond acceptors (Lipinski definition) is 5. The second-order valence-electron chi connectivity index (χ2n) is 9.41. The number of ketones is 1. The van der Waals surface area contributed by atoms with Crippen LogP contribution in [0.1, 0.15) is 37.7 Å². The number of primary amides is 1. The Bertz CT molecular complexity index is 984. The fourth-order valence-electron chi connectivity index (χ4n) is 5.10. The molecule has 2 fully saturated rings. The Morgan fingerprint density at radius 3 is 2.46 bits per heavy atom. The second-order valence-corrected chi connectivity index (χ2v) is 9.41. The van der Waals surface area contributed by atoms with Gasteiger partial charge in [-0.2, -0.15) is 0 Å². The molecule has 0 bridgehead atoms. The first-order valence-corrected chi connectivity index (χ1v) is 12.7. The zero-order valence-electron chi connectivity index (χ0n) is 20.3. The van der Waals surface area contributed by atoms with E-state index in [2.05, 4.69) is 53.5 Å². The number of nitrogens with zero attached hydrogens (tertiary/aromatic N) is 1. The SMILES string of the molecule is NC(=O)CCC/C=C\C[C@H]1[C@@H](OCc2ccc(-c3ccccc3)cc2)CC(=O)[C@@H]1N1CCOCC1. The number of benzene rings is 2. The van der Waals surface area contributed by atoms with Crippen LogP contribution < -0.4 is 5.73 Å². The summed E-state index contributed by atoms with van der Waals surface area (Å²) in [6.07, 6.45) is 7.32. The van der Waals surface area contributed by atoms with Crippen LogP contribution in [0.5, 0.6) is 0 Å². The summed E-state index contributed by atoms with van der Waals surface area (Å²) in [6, 6.07) is 18.6. The van der Waals surface area contributed by atoms with Gasteiger partial charge in [-0.1, -0.05) is 66.7 Å². The number of carbonyl (C=O) groups excluding carboxylic acids is 2. The maximum Gasteiger partial charge on any atom is 0.217 e. The molecule has 0 radical (unpaired) electrons. The van der Waals surface area contributed by atoms with Crippen molar-refractivity contribution in [1.82, 2.24) is 4.90 Å². The van der Waals surface area contributed by atoms with Crippen molar-refractivity contribution in [3.05, 3.63) is 72.3 Å². The molecular formula is C29H36N2O4. The number of hydrogen-bond donors (Lipinski definition) is 1. The van der Waals surface area contributed by atoms with E-state index < -0.39 is 0 Å². The molecule has 1 saturated heterocycles. The van der Waals surface area contributed by atoms with Crippen molar-refractivity contribution in [3.63, 3.8) is 0 Å². The minimum absolute atomic E-state index is 0.108. The van der Waals surface area contributed by atoms with Crippen LogP contribution in [0.25, 0.3) is 11.1 Å². The van der Waals surface area contributed by atoms with E-state index in [9.17, 15) is 9.59 Å². The molecule has 1 saturated carbocycles. The molecule has 2 aliphatic rings. The van der Waals surface area contributed by atoms with Crippen molar-refractivity contribution in [2.24, 2.45) is 11.7 Å². The molecule has 0 aromatic heterocycles. The Morgan fingerprint density at radius 2 is 1.74 bits per heavy atom.